The van der Waals surface area contributed by atoms with Crippen molar-refractivity contribution >= 4 is 5.91 Å². The number of carbonyl (C=O) groups excluding carboxylic acids is 1. The van der Waals surface area contributed by atoms with Gasteiger partial charge in [0.1, 0.15) is 5.75 Å². The van der Waals surface area contributed by atoms with Crippen LogP contribution < -0.4 is 10.1 Å². The Kier molecular flexibility index (Phi) is 5.96. The van der Waals surface area contributed by atoms with E-state index in [1.165, 1.54) is 24.3 Å². The van der Waals surface area contributed by atoms with Crippen molar-refractivity contribution in [3.8, 4) is 5.75 Å². The first-order valence-corrected chi connectivity index (χ1v) is 9.07. The predicted octanol–water partition coefficient (Wildman–Crippen LogP) is 5.02. The molecule has 4 nitrogen and oxygen atoms in total. The number of amides is 1. The Bertz CT molecular complexity index is 878. The summed E-state index contributed by atoms with van der Waals surface area (Å²) in [6.07, 6.45) is -7.18. The molecular weight excluding hydrogens is 414 g/mol. The van der Waals surface area contributed by atoms with E-state index in [-0.39, 0.29) is 23.5 Å². The molecule has 2 aromatic rings. The average molecular weight is 432 g/mol. The monoisotopic (exact) mass is 432 g/mol. The van der Waals surface area contributed by atoms with Gasteiger partial charge in [-0.05, 0) is 49.1 Å². The number of alkyl halides is 6. The number of carbonyl (C=O) groups is 1. The van der Waals surface area contributed by atoms with Crippen LogP contribution in [0.4, 0.5) is 26.3 Å². The first-order chi connectivity index (χ1) is 13.9. The van der Waals surface area contributed by atoms with Crippen molar-refractivity contribution in [3.05, 3.63) is 59.4 Å². The van der Waals surface area contributed by atoms with Gasteiger partial charge in [0, 0.05) is 5.92 Å². The van der Waals surface area contributed by atoms with E-state index < -0.39 is 30.6 Å². The SMILES string of the molecule is C[C@@H](NC(=O)[C@@H]1C[C@H]1c1ccc(C(F)(F)F)cc1)c1ccc(OCC(F)(F)F)cn1. The number of pyridine rings is 1. The minimum Gasteiger partial charge on any atom is -0.483 e. The molecule has 0 aliphatic heterocycles. The Balaban J connectivity index is 1.53. The number of rotatable bonds is 6. The molecule has 3 rings (SSSR count). The molecule has 1 fully saturated rings. The summed E-state index contributed by atoms with van der Waals surface area (Å²) in [4.78, 5) is 16.4. The summed E-state index contributed by atoms with van der Waals surface area (Å²) in [6, 6.07) is 7.05. The first-order valence-electron chi connectivity index (χ1n) is 9.07. The summed E-state index contributed by atoms with van der Waals surface area (Å²) in [6.45, 7) is 0.249. The maximum Gasteiger partial charge on any atom is 0.422 e. The zero-order chi connectivity index (χ0) is 22.1. The topological polar surface area (TPSA) is 51.2 Å². The van der Waals surface area contributed by atoms with Gasteiger partial charge in [-0.3, -0.25) is 9.78 Å². The van der Waals surface area contributed by atoms with Gasteiger partial charge >= 0.3 is 12.4 Å². The fourth-order valence-corrected chi connectivity index (χ4v) is 3.07. The van der Waals surface area contributed by atoms with E-state index in [1.807, 2.05) is 0 Å². The van der Waals surface area contributed by atoms with Crippen LogP contribution in [0, 0.1) is 5.92 Å². The third-order valence-corrected chi connectivity index (χ3v) is 4.76. The molecule has 3 atom stereocenters. The highest BCUT2D eigenvalue weighted by molar-refractivity contribution is 5.83. The van der Waals surface area contributed by atoms with Gasteiger partial charge < -0.3 is 10.1 Å². The summed E-state index contributed by atoms with van der Waals surface area (Å²) in [5, 5.41) is 2.77. The molecule has 0 bridgehead atoms. The van der Waals surface area contributed by atoms with Crippen molar-refractivity contribution in [1.29, 1.82) is 0 Å². The predicted molar refractivity (Wildman–Crippen MR) is 94.6 cm³/mol. The highest BCUT2D eigenvalue weighted by atomic mass is 19.4. The van der Waals surface area contributed by atoms with Gasteiger partial charge in [-0.1, -0.05) is 12.1 Å². The lowest BCUT2D eigenvalue weighted by Crippen LogP contribution is -2.29. The smallest absolute Gasteiger partial charge is 0.422 e. The number of hydrogen-bond acceptors (Lipinski definition) is 3. The lowest BCUT2D eigenvalue weighted by atomic mass is 10.1. The molecule has 162 valence electrons. The number of halogens is 6. The summed E-state index contributed by atoms with van der Waals surface area (Å²) in [5.74, 6) is -0.796. The quantitative estimate of drug-likeness (QED) is 0.652. The minimum absolute atomic E-state index is 0.0424. The van der Waals surface area contributed by atoms with Gasteiger partial charge in [-0.2, -0.15) is 26.3 Å². The maximum atomic E-state index is 12.6. The largest absolute Gasteiger partial charge is 0.483 e. The molecule has 1 heterocycles. The Morgan fingerprint density at radius 2 is 1.80 bits per heavy atom. The molecular formula is C20H18F6N2O2. The molecule has 10 heteroatoms. The fraction of sp³-hybridized carbons (Fsp3) is 0.400. The Hall–Kier alpha value is -2.78. The van der Waals surface area contributed by atoms with Crippen LogP contribution in [0.3, 0.4) is 0 Å². The van der Waals surface area contributed by atoms with Crippen molar-refractivity contribution < 1.29 is 35.9 Å². The van der Waals surface area contributed by atoms with E-state index in [1.54, 1.807) is 6.92 Å². The number of aromatic nitrogens is 1. The van der Waals surface area contributed by atoms with Crippen LogP contribution in [-0.4, -0.2) is 23.7 Å². The lowest BCUT2D eigenvalue weighted by molar-refractivity contribution is -0.153. The van der Waals surface area contributed by atoms with Crippen molar-refractivity contribution in [2.24, 2.45) is 5.92 Å². The molecule has 0 unspecified atom stereocenters. The molecule has 0 saturated heterocycles. The third kappa shape index (κ3) is 5.64. The van der Waals surface area contributed by atoms with Gasteiger partial charge in [0.05, 0.1) is 23.5 Å². The van der Waals surface area contributed by atoms with Crippen LogP contribution in [-0.2, 0) is 11.0 Å². The van der Waals surface area contributed by atoms with Crippen LogP contribution in [0.5, 0.6) is 5.75 Å². The zero-order valence-electron chi connectivity index (χ0n) is 15.7. The maximum absolute atomic E-state index is 12.6. The van der Waals surface area contributed by atoms with Crippen LogP contribution in [0.2, 0.25) is 0 Å². The van der Waals surface area contributed by atoms with Crippen molar-refractivity contribution in [3.63, 3.8) is 0 Å². The number of nitrogens with zero attached hydrogens (tertiary/aromatic N) is 1. The second-order valence-electron chi connectivity index (χ2n) is 7.12. The van der Waals surface area contributed by atoms with Gasteiger partial charge in [0.2, 0.25) is 5.91 Å². The number of benzene rings is 1. The highest BCUT2D eigenvalue weighted by Gasteiger charge is 2.44. The van der Waals surface area contributed by atoms with Gasteiger partial charge in [0.25, 0.3) is 0 Å². The van der Waals surface area contributed by atoms with E-state index >= 15 is 0 Å². The van der Waals surface area contributed by atoms with E-state index in [2.05, 4.69) is 15.0 Å². The van der Waals surface area contributed by atoms with Crippen LogP contribution in [0.15, 0.2) is 42.6 Å². The van der Waals surface area contributed by atoms with Crippen LogP contribution >= 0.6 is 0 Å². The van der Waals surface area contributed by atoms with Gasteiger partial charge in [0.15, 0.2) is 6.61 Å². The summed E-state index contributed by atoms with van der Waals surface area (Å²) in [7, 11) is 0. The highest BCUT2D eigenvalue weighted by Crippen LogP contribution is 2.48. The lowest BCUT2D eigenvalue weighted by Gasteiger charge is -2.14. The third-order valence-electron chi connectivity index (χ3n) is 4.76. The molecule has 1 amide bonds. The summed E-state index contributed by atoms with van der Waals surface area (Å²) in [5.41, 5.74) is 0.366. The van der Waals surface area contributed by atoms with E-state index in [0.29, 0.717) is 17.7 Å². The Morgan fingerprint density at radius 1 is 1.13 bits per heavy atom. The van der Waals surface area contributed by atoms with Crippen molar-refractivity contribution in [2.45, 2.75) is 37.7 Å². The Labute approximate surface area is 168 Å². The Morgan fingerprint density at radius 3 is 2.33 bits per heavy atom. The molecule has 1 N–H and O–H groups in total. The van der Waals surface area contributed by atoms with E-state index in [9.17, 15) is 31.1 Å². The molecule has 1 aliphatic rings. The van der Waals surface area contributed by atoms with Crippen LogP contribution in [0.25, 0.3) is 0 Å². The molecule has 1 aliphatic carbocycles. The molecule has 1 aromatic carbocycles. The molecule has 1 aromatic heterocycles. The normalized spacial score (nSPS) is 19.8. The number of ether oxygens (including phenoxy) is 1. The fourth-order valence-electron chi connectivity index (χ4n) is 3.07. The van der Waals surface area contributed by atoms with E-state index in [0.717, 1.165) is 18.3 Å². The second kappa shape index (κ2) is 8.16. The summed E-state index contributed by atoms with van der Waals surface area (Å²) >= 11 is 0. The van der Waals surface area contributed by atoms with Gasteiger partial charge in [-0.25, -0.2) is 0 Å². The van der Waals surface area contributed by atoms with Crippen molar-refractivity contribution in [1.82, 2.24) is 10.3 Å². The first kappa shape index (κ1) is 21.9. The standard InChI is InChI=1S/C20H18F6N2O2/c1-11(17-7-6-14(9-27-17)30-10-19(21,22)23)28-18(29)16-8-15(16)12-2-4-13(5-3-12)20(24,25)26/h2-7,9,11,15-16H,8,10H2,1H3,(H,28,29)/t11-,15+,16-/m1/s1. The minimum atomic E-state index is -4.45. The summed E-state index contributed by atoms with van der Waals surface area (Å²) < 4.78 is 79.0. The van der Waals surface area contributed by atoms with Gasteiger partial charge in [-0.15, -0.1) is 0 Å². The van der Waals surface area contributed by atoms with E-state index in [4.69, 9.17) is 0 Å². The second-order valence-corrected chi connectivity index (χ2v) is 7.12. The van der Waals surface area contributed by atoms with Crippen molar-refractivity contribution in [2.75, 3.05) is 6.61 Å². The molecule has 0 spiro atoms. The molecule has 30 heavy (non-hydrogen) atoms. The number of hydrogen-bond donors (Lipinski definition) is 1. The molecule has 0 radical (unpaired) electrons. The van der Waals surface area contributed by atoms with Crippen LogP contribution in [0.1, 0.15) is 42.1 Å². The number of nitrogens with one attached hydrogen (secondary N) is 1. The zero-order valence-corrected chi connectivity index (χ0v) is 15.7. The average Bonchev–Trinajstić information content (AvgIpc) is 3.46. The molecule has 1 saturated carbocycles.